The normalized spacial score (nSPS) is 44.6. The van der Waals surface area contributed by atoms with E-state index in [0.29, 0.717) is 0 Å². The van der Waals surface area contributed by atoms with Crippen LogP contribution in [0.5, 0.6) is 0 Å². The molecule has 0 aromatic rings. The summed E-state index contributed by atoms with van der Waals surface area (Å²) in [6.45, 7) is 4.39. The van der Waals surface area contributed by atoms with Crippen molar-refractivity contribution in [2.45, 2.75) is 38.6 Å². The summed E-state index contributed by atoms with van der Waals surface area (Å²) in [5.74, 6) is 0.840. The highest BCUT2D eigenvalue weighted by atomic mass is 14.8. The number of hydrogen-bond acceptors (Lipinski definition) is 1. The topological polar surface area (TPSA) is 26.0 Å². The summed E-state index contributed by atoms with van der Waals surface area (Å²) in [4.78, 5) is 0. The van der Waals surface area contributed by atoms with E-state index in [9.17, 15) is 0 Å². The van der Waals surface area contributed by atoms with Gasteiger partial charge in [-0.15, -0.1) is 0 Å². The molecule has 1 aliphatic rings. The summed E-state index contributed by atoms with van der Waals surface area (Å²) in [6.07, 6.45) is 3.69. The molecule has 0 aromatic carbocycles. The van der Waals surface area contributed by atoms with Gasteiger partial charge in [0.15, 0.2) is 0 Å². The van der Waals surface area contributed by atoms with Crippen LogP contribution in [0.4, 0.5) is 0 Å². The van der Waals surface area contributed by atoms with Crippen LogP contribution in [0, 0.1) is 5.92 Å². The molecule has 1 fully saturated rings. The molecule has 0 aliphatic heterocycles. The molecular formula is C7H15N. The number of nitrogens with two attached hydrogens (primary N) is 1. The molecule has 2 N–H and O–H groups in total. The number of hydrogen-bond donors (Lipinski definition) is 1. The fourth-order valence-electron chi connectivity index (χ4n) is 1.38. The molecular weight excluding hydrogens is 98.1 g/mol. The molecule has 1 rings (SSSR count). The molecule has 0 unspecified atom stereocenters. The minimum absolute atomic E-state index is 0.259. The third kappa shape index (κ3) is 0.752. The van der Waals surface area contributed by atoms with Gasteiger partial charge in [0.05, 0.1) is 0 Å². The third-order valence-corrected chi connectivity index (χ3v) is 2.43. The van der Waals surface area contributed by atoms with Crippen molar-refractivity contribution in [2.75, 3.05) is 0 Å². The average Bonchev–Trinajstić information content (AvgIpc) is 2.44. The van der Waals surface area contributed by atoms with Gasteiger partial charge in [-0.3, -0.25) is 0 Å². The number of rotatable bonds is 2. The molecule has 0 radical (unpaired) electrons. The Morgan fingerprint density at radius 3 is 2.38 bits per heavy atom. The highest BCUT2D eigenvalue weighted by Crippen LogP contribution is 2.45. The van der Waals surface area contributed by atoms with Crippen LogP contribution in [0.15, 0.2) is 0 Å². The highest BCUT2D eigenvalue weighted by Gasteiger charge is 2.47. The Morgan fingerprint density at radius 1 is 1.62 bits per heavy atom. The smallest absolute Gasteiger partial charge is 0.0184 e. The van der Waals surface area contributed by atoms with Gasteiger partial charge in [0, 0.05) is 5.54 Å². The van der Waals surface area contributed by atoms with Crippen LogP contribution in [0.1, 0.15) is 33.1 Å². The van der Waals surface area contributed by atoms with E-state index in [1.165, 1.54) is 12.8 Å². The van der Waals surface area contributed by atoms with Crippen molar-refractivity contribution in [3.05, 3.63) is 0 Å². The van der Waals surface area contributed by atoms with Gasteiger partial charge in [-0.2, -0.15) is 0 Å². The van der Waals surface area contributed by atoms with Crippen molar-refractivity contribution in [1.29, 1.82) is 0 Å². The minimum Gasteiger partial charge on any atom is -0.325 e. The van der Waals surface area contributed by atoms with Gasteiger partial charge in [-0.05, 0) is 18.8 Å². The first-order valence-corrected chi connectivity index (χ1v) is 3.52. The van der Waals surface area contributed by atoms with Crippen LogP contribution in [-0.2, 0) is 0 Å². The second-order valence-corrected chi connectivity index (χ2v) is 2.90. The largest absolute Gasteiger partial charge is 0.325 e. The lowest BCUT2D eigenvalue weighted by Crippen LogP contribution is -2.23. The van der Waals surface area contributed by atoms with Crippen LogP contribution in [0.3, 0.4) is 0 Å². The first kappa shape index (κ1) is 6.09. The Kier molecular flexibility index (Phi) is 1.31. The molecule has 0 saturated heterocycles. The van der Waals surface area contributed by atoms with E-state index >= 15 is 0 Å². The maximum absolute atomic E-state index is 5.90. The van der Waals surface area contributed by atoms with Crippen LogP contribution < -0.4 is 5.73 Å². The zero-order valence-corrected chi connectivity index (χ0v) is 5.78. The standard InChI is InChI=1S/C7H15N/c1-3-6-5-7(6,8)4-2/h6H,3-5,8H2,1-2H3/t6-,7-/m1/s1. The van der Waals surface area contributed by atoms with E-state index in [-0.39, 0.29) is 5.54 Å². The van der Waals surface area contributed by atoms with Gasteiger partial charge < -0.3 is 5.73 Å². The zero-order chi connectivity index (χ0) is 6.20. The predicted octanol–water partition coefficient (Wildman–Crippen LogP) is 1.52. The summed E-state index contributed by atoms with van der Waals surface area (Å²) in [7, 11) is 0. The van der Waals surface area contributed by atoms with Crippen LogP contribution in [-0.4, -0.2) is 5.54 Å². The predicted molar refractivity (Wildman–Crippen MR) is 35.6 cm³/mol. The lowest BCUT2D eigenvalue weighted by atomic mass is 10.1. The van der Waals surface area contributed by atoms with Crippen molar-refractivity contribution in [3.8, 4) is 0 Å². The quantitative estimate of drug-likeness (QED) is 0.577. The maximum Gasteiger partial charge on any atom is 0.0184 e. The zero-order valence-electron chi connectivity index (χ0n) is 5.78. The Morgan fingerprint density at radius 2 is 2.25 bits per heavy atom. The Bertz CT molecular complexity index is 90.4. The monoisotopic (exact) mass is 113 g/mol. The van der Waals surface area contributed by atoms with E-state index < -0.39 is 0 Å². The van der Waals surface area contributed by atoms with E-state index in [4.69, 9.17) is 5.73 Å². The fraction of sp³-hybridized carbons (Fsp3) is 1.00. The molecule has 0 amide bonds. The molecule has 1 nitrogen and oxygen atoms in total. The van der Waals surface area contributed by atoms with Crippen molar-refractivity contribution in [3.63, 3.8) is 0 Å². The van der Waals surface area contributed by atoms with Crippen molar-refractivity contribution < 1.29 is 0 Å². The summed E-state index contributed by atoms with van der Waals surface area (Å²) in [6, 6.07) is 0. The van der Waals surface area contributed by atoms with Gasteiger partial charge in [0.25, 0.3) is 0 Å². The van der Waals surface area contributed by atoms with Gasteiger partial charge in [-0.1, -0.05) is 20.3 Å². The van der Waals surface area contributed by atoms with Crippen molar-refractivity contribution >= 4 is 0 Å². The first-order chi connectivity index (χ1) is 3.73. The molecule has 8 heavy (non-hydrogen) atoms. The van der Waals surface area contributed by atoms with Gasteiger partial charge in [-0.25, -0.2) is 0 Å². The fourth-order valence-corrected chi connectivity index (χ4v) is 1.38. The van der Waals surface area contributed by atoms with Gasteiger partial charge >= 0.3 is 0 Å². The van der Waals surface area contributed by atoms with Crippen LogP contribution >= 0.6 is 0 Å². The maximum atomic E-state index is 5.90. The summed E-state index contributed by atoms with van der Waals surface area (Å²) >= 11 is 0. The van der Waals surface area contributed by atoms with Crippen molar-refractivity contribution in [2.24, 2.45) is 11.7 Å². The molecule has 0 heterocycles. The molecule has 1 aliphatic carbocycles. The third-order valence-electron chi connectivity index (χ3n) is 2.43. The van der Waals surface area contributed by atoms with E-state index in [0.717, 1.165) is 12.3 Å². The van der Waals surface area contributed by atoms with Gasteiger partial charge in [0.2, 0.25) is 0 Å². The average molecular weight is 113 g/mol. The first-order valence-electron chi connectivity index (χ1n) is 3.52. The van der Waals surface area contributed by atoms with Crippen LogP contribution in [0.2, 0.25) is 0 Å². The molecule has 0 spiro atoms. The molecule has 0 bridgehead atoms. The van der Waals surface area contributed by atoms with Crippen LogP contribution in [0.25, 0.3) is 0 Å². The van der Waals surface area contributed by atoms with Crippen molar-refractivity contribution in [1.82, 2.24) is 0 Å². The minimum atomic E-state index is 0.259. The van der Waals surface area contributed by atoms with E-state index in [1.807, 2.05) is 0 Å². The van der Waals surface area contributed by atoms with E-state index in [1.54, 1.807) is 0 Å². The molecule has 48 valence electrons. The lowest BCUT2D eigenvalue weighted by molar-refractivity contribution is 0.565. The molecule has 0 aromatic heterocycles. The van der Waals surface area contributed by atoms with E-state index in [2.05, 4.69) is 13.8 Å². The SMILES string of the molecule is CC[C@@H]1C[C@]1(N)CC. The molecule has 1 saturated carbocycles. The molecule has 1 heteroatoms. The molecule has 2 atom stereocenters. The van der Waals surface area contributed by atoms with Gasteiger partial charge in [0.1, 0.15) is 0 Å². The Balaban J connectivity index is 2.31. The summed E-state index contributed by atoms with van der Waals surface area (Å²) in [5.41, 5.74) is 6.16. The lowest BCUT2D eigenvalue weighted by Gasteiger charge is -2.03. The summed E-state index contributed by atoms with van der Waals surface area (Å²) in [5, 5.41) is 0. The summed E-state index contributed by atoms with van der Waals surface area (Å²) < 4.78 is 0. The highest BCUT2D eigenvalue weighted by molar-refractivity contribution is 5.05. The second-order valence-electron chi connectivity index (χ2n) is 2.90. The Hall–Kier alpha value is -0.0400. The Labute approximate surface area is 51.3 Å². The second kappa shape index (κ2) is 1.73.